The number of ether oxygens (including phenoxy) is 1. The molecule has 0 radical (unpaired) electrons. The van der Waals surface area contributed by atoms with Crippen molar-refractivity contribution in [1.82, 2.24) is 14.9 Å². The lowest BCUT2D eigenvalue weighted by Gasteiger charge is -2.32. The zero-order valence-electron chi connectivity index (χ0n) is 11.7. The Morgan fingerprint density at radius 2 is 2.29 bits per heavy atom. The Morgan fingerprint density at radius 3 is 2.95 bits per heavy atom. The van der Waals surface area contributed by atoms with Crippen LogP contribution in [0.4, 0.5) is 0 Å². The first-order valence-electron chi connectivity index (χ1n) is 6.65. The molecule has 8 heteroatoms. The molecule has 0 aliphatic carbocycles. The number of carbonyl (C=O) groups excluding carboxylic acids is 1. The third kappa shape index (κ3) is 4.12. The number of aromatic amines is 1. The molecule has 1 aromatic heterocycles. The van der Waals surface area contributed by atoms with E-state index < -0.39 is 12.1 Å². The smallest absolute Gasteiger partial charge is 0.303 e. The number of H-pyrrole nitrogens is 1. The normalized spacial score (nSPS) is 18.5. The van der Waals surface area contributed by atoms with Gasteiger partial charge in [0, 0.05) is 24.7 Å². The number of carboxylic acid groups (broad SMARTS) is 1. The summed E-state index contributed by atoms with van der Waals surface area (Å²) in [7, 11) is 0. The van der Waals surface area contributed by atoms with Gasteiger partial charge in [0.15, 0.2) is 0 Å². The van der Waals surface area contributed by atoms with Crippen molar-refractivity contribution in [3.05, 3.63) is 27.9 Å². The molecule has 1 aromatic rings. The van der Waals surface area contributed by atoms with E-state index in [1.807, 2.05) is 0 Å². The molecule has 0 spiro atoms. The molecule has 1 fully saturated rings. The van der Waals surface area contributed by atoms with Crippen LogP contribution in [-0.4, -0.2) is 51.5 Å². The van der Waals surface area contributed by atoms with E-state index in [2.05, 4.69) is 9.97 Å². The summed E-state index contributed by atoms with van der Waals surface area (Å²) in [6.07, 6.45) is -0.736. The molecule has 2 rings (SSSR count). The average molecular weight is 295 g/mol. The number of nitrogens with one attached hydrogen (secondary N) is 1. The summed E-state index contributed by atoms with van der Waals surface area (Å²) in [5, 5.41) is 8.61. The van der Waals surface area contributed by atoms with E-state index in [1.54, 1.807) is 11.8 Å². The molecule has 0 saturated carbocycles. The van der Waals surface area contributed by atoms with Crippen LogP contribution < -0.4 is 5.56 Å². The molecule has 114 valence electrons. The van der Waals surface area contributed by atoms with Gasteiger partial charge in [-0.1, -0.05) is 0 Å². The van der Waals surface area contributed by atoms with Crippen LogP contribution in [0.25, 0.3) is 0 Å². The van der Waals surface area contributed by atoms with E-state index in [0.29, 0.717) is 24.7 Å². The average Bonchev–Trinajstić information content (AvgIpc) is 2.44. The summed E-state index contributed by atoms with van der Waals surface area (Å²) in [5.41, 5.74) is 0.308. The maximum atomic E-state index is 11.9. The number of rotatable bonds is 4. The summed E-state index contributed by atoms with van der Waals surface area (Å²) in [4.78, 5) is 42.2. The van der Waals surface area contributed by atoms with E-state index in [-0.39, 0.29) is 30.9 Å². The van der Waals surface area contributed by atoms with Crippen molar-refractivity contribution >= 4 is 11.9 Å². The second kappa shape index (κ2) is 6.49. The Morgan fingerprint density at radius 1 is 1.52 bits per heavy atom. The molecule has 8 nitrogen and oxygen atoms in total. The summed E-state index contributed by atoms with van der Waals surface area (Å²) < 4.78 is 5.54. The highest BCUT2D eigenvalue weighted by molar-refractivity contribution is 5.80. The maximum absolute atomic E-state index is 11.9. The molecule has 1 saturated heterocycles. The van der Waals surface area contributed by atoms with Crippen molar-refractivity contribution in [1.29, 1.82) is 0 Å². The molecular formula is C13H17N3O5. The van der Waals surface area contributed by atoms with Gasteiger partial charge in [-0.3, -0.25) is 14.4 Å². The fraction of sp³-hybridized carbons (Fsp3) is 0.538. The Labute approximate surface area is 120 Å². The van der Waals surface area contributed by atoms with E-state index >= 15 is 0 Å². The van der Waals surface area contributed by atoms with Gasteiger partial charge in [0.05, 0.1) is 19.6 Å². The number of aliphatic carboxylic acids is 1. The van der Waals surface area contributed by atoms with Crippen LogP contribution in [-0.2, 0) is 14.3 Å². The molecule has 2 N–H and O–H groups in total. The second-order valence-electron chi connectivity index (χ2n) is 4.86. The highest BCUT2D eigenvalue weighted by atomic mass is 16.5. The number of hydrogen-bond acceptors (Lipinski definition) is 5. The number of morpholine rings is 1. The lowest BCUT2D eigenvalue weighted by molar-refractivity contribution is -0.144. The lowest BCUT2D eigenvalue weighted by Crippen LogP contribution is -2.43. The van der Waals surface area contributed by atoms with E-state index in [9.17, 15) is 14.4 Å². The molecule has 2 heterocycles. The minimum Gasteiger partial charge on any atom is -0.481 e. The quantitative estimate of drug-likeness (QED) is 0.798. The number of nitrogens with zero attached hydrogens (tertiary/aromatic N) is 2. The highest BCUT2D eigenvalue weighted by Gasteiger charge is 2.27. The summed E-state index contributed by atoms with van der Waals surface area (Å²) in [6.45, 7) is 2.69. The zero-order valence-corrected chi connectivity index (χ0v) is 11.7. The maximum Gasteiger partial charge on any atom is 0.303 e. The molecule has 0 unspecified atom stereocenters. The van der Waals surface area contributed by atoms with Crippen LogP contribution >= 0.6 is 0 Å². The van der Waals surface area contributed by atoms with Crippen molar-refractivity contribution in [3.8, 4) is 0 Å². The van der Waals surface area contributed by atoms with Crippen molar-refractivity contribution in [2.75, 3.05) is 19.7 Å². The van der Waals surface area contributed by atoms with Gasteiger partial charge in [-0.25, -0.2) is 4.98 Å². The van der Waals surface area contributed by atoms with Crippen molar-refractivity contribution in [2.24, 2.45) is 0 Å². The monoisotopic (exact) mass is 295 g/mol. The van der Waals surface area contributed by atoms with Crippen LogP contribution in [0.15, 0.2) is 10.9 Å². The molecule has 0 bridgehead atoms. The van der Waals surface area contributed by atoms with Gasteiger partial charge in [0.1, 0.15) is 11.9 Å². The van der Waals surface area contributed by atoms with Gasteiger partial charge in [-0.2, -0.15) is 0 Å². The minimum absolute atomic E-state index is 0.0418. The SMILES string of the molecule is Cc1cc(=O)[nH]c([C@@H]2CN(C(=O)CCC(=O)O)CCO2)n1. The first-order valence-corrected chi connectivity index (χ1v) is 6.65. The molecule has 1 amide bonds. The zero-order chi connectivity index (χ0) is 15.4. The number of aromatic nitrogens is 2. The molecular weight excluding hydrogens is 278 g/mol. The molecule has 1 aliphatic rings. The number of amides is 1. The van der Waals surface area contributed by atoms with Crippen LogP contribution in [0.5, 0.6) is 0 Å². The van der Waals surface area contributed by atoms with Gasteiger partial charge in [0.2, 0.25) is 5.91 Å². The molecule has 0 aromatic carbocycles. The Balaban J connectivity index is 2.04. The van der Waals surface area contributed by atoms with E-state index in [1.165, 1.54) is 6.07 Å². The third-order valence-corrected chi connectivity index (χ3v) is 3.16. The number of carbonyl (C=O) groups is 2. The number of carboxylic acids is 1. The fourth-order valence-corrected chi connectivity index (χ4v) is 2.17. The predicted molar refractivity (Wildman–Crippen MR) is 71.7 cm³/mol. The van der Waals surface area contributed by atoms with Crippen LogP contribution in [0, 0.1) is 6.92 Å². The lowest BCUT2D eigenvalue weighted by atomic mass is 10.2. The summed E-state index contributed by atoms with van der Waals surface area (Å²) >= 11 is 0. The van der Waals surface area contributed by atoms with E-state index in [4.69, 9.17) is 9.84 Å². The molecule has 1 aliphatic heterocycles. The van der Waals surface area contributed by atoms with Gasteiger partial charge in [-0.15, -0.1) is 0 Å². The topological polar surface area (TPSA) is 113 Å². The fourth-order valence-electron chi connectivity index (χ4n) is 2.17. The summed E-state index contributed by atoms with van der Waals surface area (Å²) in [5.74, 6) is -0.853. The summed E-state index contributed by atoms with van der Waals surface area (Å²) in [6, 6.07) is 1.38. The Bertz CT molecular complexity index is 598. The third-order valence-electron chi connectivity index (χ3n) is 3.16. The minimum atomic E-state index is -1.00. The number of hydrogen-bond donors (Lipinski definition) is 2. The van der Waals surface area contributed by atoms with Crippen molar-refractivity contribution in [2.45, 2.75) is 25.9 Å². The predicted octanol–water partition coefficient (Wildman–Crippen LogP) is -0.157. The van der Waals surface area contributed by atoms with Gasteiger partial charge in [-0.05, 0) is 6.92 Å². The highest BCUT2D eigenvalue weighted by Crippen LogP contribution is 2.19. The number of aryl methyl sites for hydroxylation is 1. The molecule has 21 heavy (non-hydrogen) atoms. The second-order valence-corrected chi connectivity index (χ2v) is 4.86. The van der Waals surface area contributed by atoms with Crippen molar-refractivity contribution < 1.29 is 19.4 Å². The largest absolute Gasteiger partial charge is 0.481 e. The van der Waals surface area contributed by atoms with Gasteiger partial charge in [0.25, 0.3) is 5.56 Å². The first kappa shape index (κ1) is 15.2. The van der Waals surface area contributed by atoms with Crippen molar-refractivity contribution in [3.63, 3.8) is 0 Å². The van der Waals surface area contributed by atoms with Gasteiger partial charge < -0.3 is 19.7 Å². The van der Waals surface area contributed by atoms with Crippen LogP contribution in [0.2, 0.25) is 0 Å². The van der Waals surface area contributed by atoms with Gasteiger partial charge >= 0.3 is 5.97 Å². The first-order chi connectivity index (χ1) is 9.95. The molecule has 1 atom stereocenters. The standard InChI is InChI=1S/C13H17N3O5/c1-8-6-10(17)15-13(14-8)9-7-16(4-5-21-9)11(18)2-3-12(19)20/h6,9H,2-5,7H2,1H3,(H,19,20)(H,14,15,17)/t9-/m0/s1. The van der Waals surface area contributed by atoms with Crippen LogP contribution in [0.3, 0.4) is 0 Å². The van der Waals surface area contributed by atoms with E-state index in [0.717, 1.165) is 0 Å². The Kier molecular flexibility index (Phi) is 4.69. The van der Waals surface area contributed by atoms with Crippen LogP contribution in [0.1, 0.15) is 30.5 Å². The Hall–Kier alpha value is -2.22.